The van der Waals surface area contributed by atoms with Crippen LogP contribution in [0.15, 0.2) is 18.5 Å². The molecule has 0 bridgehead atoms. The van der Waals surface area contributed by atoms with Crippen LogP contribution in [0.5, 0.6) is 0 Å². The first-order valence-corrected chi connectivity index (χ1v) is 6.34. The number of aromatic nitrogens is 1. The normalized spacial score (nSPS) is 26.9. The second-order valence-corrected chi connectivity index (χ2v) is 5.18. The van der Waals surface area contributed by atoms with Gasteiger partial charge in [-0.15, -0.1) is 11.6 Å². The first-order chi connectivity index (χ1) is 7.68. The van der Waals surface area contributed by atoms with E-state index in [0.717, 1.165) is 25.0 Å². The number of hydrogen-bond donors (Lipinski definition) is 0. The van der Waals surface area contributed by atoms with Gasteiger partial charge < -0.3 is 4.74 Å². The Bertz CT molecular complexity index is 359. The van der Waals surface area contributed by atoms with Crippen molar-refractivity contribution in [2.24, 2.45) is 5.92 Å². The van der Waals surface area contributed by atoms with Gasteiger partial charge in [-0.3, -0.25) is 4.98 Å². The van der Waals surface area contributed by atoms with Crippen LogP contribution in [0.3, 0.4) is 0 Å². The van der Waals surface area contributed by atoms with Crippen LogP contribution in [0.1, 0.15) is 18.9 Å². The summed E-state index contributed by atoms with van der Waals surface area (Å²) in [4.78, 5) is 3.96. The molecule has 0 saturated carbocycles. The number of rotatable bonds is 3. The summed E-state index contributed by atoms with van der Waals surface area (Å²) in [5.41, 5.74) is 1.07. The van der Waals surface area contributed by atoms with E-state index in [4.69, 9.17) is 27.9 Å². The molecular weight excluding hydrogens is 245 g/mol. The zero-order chi connectivity index (χ0) is 11.5. The van der Waals surface area contributed by atoms with E-state index in [1.54, 1.807) is 12.4 Å². The van der Waals surface area contributed by atoms with Gasteiger partial charge in [0.05, 0.1) is 11.1 Å². The molecule has 0 radical (unpaired) electrons. The van der Waals surface area contributed by atoms with Crippen molar-refractivity contribution in [3.05, 3.63) is 29.0 Å². The molecule has 3 unspecified atom stereocenters. The van der Waals surface area contributed by atoms with E-state index in [1.807, 2.05) is 6.07 Å². The van der Waals surface area contributed by atoms with Gasteiger partial charge in [0.2, 0.25) is 0 Å². The summed E-state index contributed by atoms with van der Waals surface area (Å²) in [5.74, 6) is 0.422. The molecule has 88 valence electrons. The highest BCUT2D eigenvalue weighted by atomic mass is 35.5. The van der Waals surface area contributed by atoms with Crippen LogP contribution in [0.4, 0.5) is 0 Å². The molecule has 0 aromatic carbocycles. The van der Waals surface area contributed by atoms with Crippen LogP contribution >= 0.6 is 23.2 Å². The largest absolute Gasteiger partial charge is 0.378 e. The fraction of sp³-hybridized carbons (Fsp3) is 0.583. The lowest BCUT2D eigenvalue weighted by atomic mass is 9.94. The lowest BCUT2D eigenvalue weighted by molar-refractivity contribution is 0.105. The van der Waals surface area contributed by atoms with Crippen LogP contribution in [0, 0.1) is 5.92 Å². The highest BCUT2D eigenvalue weighted by molar-refractivity contribution is 6.31. The Morgan fingerprint density at radius 1 is 1.62 bits per heavy atom. The maximum Gasteiger partial charge on any atom is 0.0621 e. The molecule has 2 rings (SSSR count). The second kappa shape index (κ2) is 5.35. The molecule has 1 aromatic rings. The number of nitrogens with zero attached hydrogens (tertiary/aromatic N) is 1. The van der Waals surface area contributed by atoms with Gasteiger partial charge in [0.1, 0.15) is 0 Å². The maximum atomic E-state index is 6.43. The van der Waals surface area contributed by atoms with Gasteiger partial charge in [-0.25, -0.2) is 0 Å². The molecule has 4 heteroatoms. The number of pyridine rings is 1. The SMILES string of the molecule is CC1OCCC1C(Cl)Cc1ccncc1Cl. The van der Waals surface area contributed by atoms with Crippen LogP contribution in [0.2, 0.25) is 5.02 Å². The Morgan fingerprint density at radius 3 is 3.06 bits per heavy atom. The van der Waals surface area contributed by atoms with Gasteiger partial charge in [0.15, 0.2) is 0 Å². The van der Waals surface area contributed by atoms with Crippen LogP contribution < -0.4 is 0 Å². The van der Waals surface area contributed by atoms with E-state index in [0.29, 0.717) is 10.9 Å². The summed E-state index contributed by atoms with van der Waals surface area (Å²) in [7, 11) is 0. The molecule has 0 spiro atoms. The molecule has 16 heavy (non-hydrogen) atoms. The van der Waals surface area contributed by atoms with Crippen molar-refractivity contribution in [1.29, 1.82) is 0 Å². The van der Waals surface area contributed by atoms with Gasteiger partial charge in [-0.1, -0.05) is 11.6 Å². The highest BCUT2D eigenvalue weighted by Crippen LogP contribution is 2.30. The predicted octanol–water partition coefficient (Wildman–Crippen LogP) is 3.31. The number of halogens is 2. The van der Waals surface area contributed by atoms with Crippen molar-refractivity contribution in [2.75, 3.05) is 6.61 Å². The molecule has 1 aliphatic rings. The standard InChI is InChI=1S/C12H15Cl2NO/c1-8-10(3-5-16-8)11(13)6-9-2-4-15-7-12(9)14/h2,4,7-8,10-11H,3,5-6H2,1H3. The van der Waals surface area contributed by atoms with E-state index in [2.05, 4.69) is 11.9 Å². The summed E-state index contributed by atoms with van der Waals surface area (Å²) in [5, 5.41) is 0.775. The molecule has 1 saturated heterocycles. The predicted molar refractivity (Wildman–Crippen MR) is 66.1 cm³/mol. The summed E-state index contributed by atoms with van der Waals surface area (Å²) in [6.07, 6.45) is 5.48. The van der Waals surface area contributed by atoms with Crippen LogP contribution in [0.25, 0.3) is 0 Å². The molecular formula is C12H15Cl2NO. The zero-order valence-corrected chi connectivity index (χ0v) is 10.7. The Kier molecular flexibility index (Phi) is 4.06. The summed E-state index contributed by atoms with van der Waals surface area (Å²) >= 11 is 12.5. The Balaban J connectivity index is 2.02. The smallest absolute Gasteiger partial charge is 0.0621 e. The van der Waals surface area contributed by atoms with E-state index in [9.17, 15) is 0 Å². The second-order valence-electron chi connectivity index (χ2n) is 4.22. The average Bonchev–Trinajstić information content (AvgIpc) is 2.68. The molecule has 1 aromatic heterocycles. The minimum Gasteiger partial charge on any atom is -0.378 e. The van der Waals surface area contributed by atoms with Gasteiger partial charge in [-0.2, -0.15) is 0 Å². The maximum absolute atomic E-state index is 6.43. The monoisotopic (exact) mass is 259 g/mol. The van der Waals surface area contributed by atoms with Crippen LogP contribution in [-0.4, -0.2) is 23.1 Å². The highest BCUT2D eigenvalue weighted by Gasteiger charge is 2.30. The van der Waals surface area contributed by atoms with E-state index in [1.165, 1.54) is 0 Å². The molecule has 0 aliphatic carbocycles. The minimum atomic E-state index is 0.0809. The van der Waals surface area contributed by atoms with Gasteiger partial charge in [-0.05, 0) is 31.4 Å². The summed E-state index contributed by atoms with van der Waals surface area (Å²) in [6, 6.07) is 1.93. The Hall–Kier alpha value is -0.310. The summed E-state index contributed by atoms with van der Waals surface area (Å²) in [6.45, 7) is 2.90. The molecule has 2 heterocycles. The van der Waals surface area contributed by atoms with Crippen molar-refractivity contribution in [2.45, 2.75) is 31.2 Å². The number of hydrogen-bond acceptors (Lipinski definition) is 2. The molecule has 0 N–H and O–H groups in total. The minimum absolute atomic E-state index is 0.0809. The zero-order valence-electron chi connectivity index (χ0n) is 9.20. The average molecular weight is 260 g/mol. The first-order valence-electron chi connectivity index (χ1n) is 5.52. The van der Waals surface area contributed by atoms with Crippen LogP contribution in [-0.2, 0) is 11.2 Å². The van der Waals surface area contributed by atoms with Gasteiger partial charge >= 0.3 is 0 Å². The first kappa shape index (κ1) is 12.2. The Labute approximate surface area is 106 Å². The lowest BCUT2D eigenvalue weighted by Crippen LogP contribution is -2.24. The van der Waals surface area contributed by atoms with E-state index in [-0.39, 0.29) is 11.5 Å². The van der Waals surface area contributed by atoms with E-state index >= 15 is 0 Å². The molecule has 0 amide bonds. The van der Waals surface area contributed by atoms with Crippen molar-refractivity contribution < 1.29 is 4.74 Å². The lowest BCUT2D eigenvalue weighted by Gasteiger charge is -2.20. The molecule has 2 nitrogen and oxygen atoms in total. The van der Waals surface area contributed by atoms with Crippen molar-refractivity contribution in [1.82, 2.24) is 4.98 Å². The fourth-order valence-electron chi connectivity index (χ4n) is 2.15. The third kappa shape index (κ3) is 2.68. The molecule has 1 aliphatic heterocycles. The van der Waals surface area contributed by atoms with Gasteiger partial charge in [0, 0.05) is 30.3 Å². The molecule has 1 fully saturated rings. The van der Waals surface area contributed by atoms with E-state index < -0.39 is 0 Å². The topological polar surface area (TPSA) is 22.1 Å². The third-order valence-electron chi connectivity index (χ3n) is 3.17. The fourth-order valence-corrected chi connectivity index (χ4v) is 2.85. The van der Waals surface area contributed by atoms with Crippen molar-refractivity contribution >= 4 is 23.2 Å². The number of ether oxygens (including phenoxy) is 1. The van der Waals surface area contributed by atoms with Gasteiger partial charge in [0.25, 0.3) is 0 Å². The summed E-state index contributed by atoms with van der Waals surface area (Å²) < 4.78 is 5.52. The number of alkyl halides is 1. The van der Waals surface area contributed by atoms with Crippen molar-refractivity contribution in [3.8, 4) is 0 Å². The quantitative estimate of drug-likeness (QED) is 0.778. The van der Waals surface area contributed by atoms with Crippen molar-refractivity contribution in [3.63, 3.8) is 0 Å². The Morgan fingerprint density at radius 2 is 2.44 bits per heavy atom. The third-order valence-corrected chi connectivity index (χ3v) is 3.99. The molecule has 3 atom stereocenters.